The van der Waals surface area contributed by atoms with E-state index in [1.165, 1.54) is 30.5 Å². The maximum absolute atomic E-state index is 12.3. The molecule has 0 atom stereocenters. The normalized spacial score (nSPS) is 10.2. The van der Waals surface area contributed by atoms with Crippen LogP contribution in [0.2, 0.25) is 5.15 Å². The number of amides is 1. The van der Waals surface area contributed by atoms with E-state index in [1.54, 1.807) is 42.5 Å². The zero-order valence-electron chi connectivity index (χ0n) is 15.5. The van der Waals surface area contributed by atoms with E-state index in [-0.39, 0.29) is 21.8 Å². The number of aromatic nitrogens is 1. The van der Waals surface area contributed by atoms with E-state index in [0.29, 0.717) is 5.69 Å². The molecular weight excluding hydrogens is 408 g/mol. The van der Waals surface area contributed by atoms with E-state index >= 15 is 0 Å². The number of carbonyl (C=O) groups excluding carboxylic acids is 4. The van der Waals surface area contributed by atoms with Crippen molar-refractivity contribution in [3.8, 4) is 0 Å². The van der Waals surface area contributed by atoms with E-state index in [4.69, 9.17) is 16.3 Å². The van der Waals surface area contributed by atoms with Crippen LogP contribution in [0.5, 0.6) is 0 Å². The Hall–Kier alpha value is -3.84. The summed E-state index contributed by atoms with van der Waals surface area (Å²) in [5.41, 5.74) is 0.854. The molecule has 1 N–H and O–H groups in total. The van der Waals surface area contributed by atoms with Gasteiger partial charge in [-0.05, 0) is 24.3 Å². The summed E-state index contributed by atoms with van der Waals surface area (Å²) in [6.45, 7) is -0.531. The molecule has 3 rings (SSSR count). The van der Waals surface area contributed by atoms with Crippen molar-refractivity contribution in [3.05, 3.63) is 94.8 Å². The third-order valence-electron chi connectivity index (χ3n) is 3.99. The summed E-state index contributed by atoms with van der Waals surface area (Å²) >= 11 is 5.84. The van der Waals surface area contributed by atoms with Gasteiger partial charge >= 0.3 is 5.97 Å². The van der Waals surface area contributed by atoms with E-state index in [2.05, 4.69) is 10.3 Å². The molecule has 0 fully saturated rings. The summed E-state index contributed by atoms with van der Waals surface area (Å²) in [5, 5.41) is 2.59. The molecule has 150 valence electrons. The maximum atomic E-state index is 12.3. The topological polar surface area (TPSA) is 102 Å². The van der Waals surface area contributed by atoms with Crippen molar-refractivity contribution in [1.82, 2.24) is 4.98 Å². The summed E-state index contributed by atoms with van der Waals surface area (Å²) in [6.07, 6.45) is 1.47. The lowest BCUT2D eigenvalue weighted by atomic mass is 10.0. The highest BCUT2D eigenvalue weighted by atomic mass is 35.5. The predicted octanol–water partition coefficient (Wildman–Crippen LogP) is 3.60. The Morgan fingerprint density at radius 2 is 1.40 bits per heavy atom. The molecule has 0 radical (unpaired) electrons. The van der Waals surface area contributed by atoms with Crippen LogP contribution in [0.25, 0.3) is 0 Å². The average Bonchev–Trinajstić information content (AvgIpc) is 2.78. The van der Waals surface area contributed by atoms with Gasteiger partial charge in [-0.3, -0.25) is 14.4 Å². The van der Waals surface area contributed by atoms with Gasteiger partial charge in [0.05, 0.1) is 11.3 Å². The Bertz CT molecular complexity index is 1100. The summed E-state index contributed by atoms with van der Waals surface area (Å²) in [5.74, 6) is -2.67. The lowest BCUT2D eigenvalue weighted by Gasteiger charge is -2.08. The summed E-state index contributed by atoms with van der Waals surface area (Å²) in [7, 11) is 0. The molecule has 30 heavy (non-hydrogen) atoms. The molecule has 0 bridgehead atoms. The number of esters is 1. The second-order valence-electron chi connectivity index (χ2n) is 6.07. The first kappa shape index (κ1) is 20.9. The Labute approximate surface area is 176 Å². The molecule has 2 aromatic carbocycles. The van der Waals surface area contributed by atoms with Gasteiger partial charge in [-0.2, -0.15) is 0 Å². The number of halogens is 1. The highest BCUT2D eigenvalue weighted by Gasteiger charge is 2.19. The molecule has 0 aliphatic rings. The fourth-order valence-corrected chi connectivity index (χ4v) is 2.66. The molecular formula is C22H15ClN2O5. The number of rotatable bonds is 7. The minimum atomic E-state index is -0.754. The molecule has 0 aliphatic carbocycles. The standard InChI is InChI=1S/C22H15ClN2O5/c23-21-17(7-4-12-24-21)25-18(26)13-30-22(29)16-10-8-15(9-11-16)20(28)19(27)14-5-2-1-3-6-14/h1-12H,13H2,(H,25,26). The molecule has 0 saturated heterocycles. The molecule has 0 unspecified atom stereocenters. The van der Waals surface area contributed by atoms with Crippen LogP contribution in [0, 0.1) is 0 Å². The van der Waals surface area contributed by atoms with Gasteiger partial charge < -0.3 is 10.1 Å². The summed E-state index contributed by atoms with van der Waals surface area (Å²) in [4.78, 5) is 52.4. The number of ether oxygens (including phenoxy) is 1. The van der Waals surface area contributed by atoms with Crippen LogP contribution in [0.4, 0.5) is 5.69 Å². The molecule has 0 spiro atoms. The minimum absolute atomic E-state index is 0.113. The quantitative estimate of drug-likeness (QED) is 0.270. The zero-order valence-corrected chi connectivity index (χ0v) is 16.3. The van der Waals surface area contributed by atoms with Crippen LogP contribution in [0.1, 0.15) is 31.1 Å². The number of Topliss-reactive ketones (excluding diaryl/α,β-unsaturated/α-hetero) is 2. The van der Waals surface area contributed by atoms with Crippen LogP contribution in [0.15, 0.2) is 72.9 Å². The highest BCUT2D eigenvalue weighted by molar-refractivity contribution is 6.49. The van der Waals surface area contributed by atoms with E-state index in [9.17, 15) is 19.2 Å². The first-order valence-electron chi connectivity index (χ1n) is 8.77. The number of nitrogens with zero attached hydrogens (tertiary/aromatic N) is 1. The van der Waals surface area contributed by atoms with Crippen molar-refractivity contribution in [1.29, 1.82) is 0 Å². The monoisotopic (exact) mass is 422 g/mol. The van der Waals surface area contributed by atoms with Crippen molar-refractivity contribution in [3.63, 3.8) is 0 Å². The number of pyridine rings is 1. The van der Waals surface area contributed by atoms with Gasteiger partial charge in [0.15, 0.2) is 11.8 Å². The largest absolute Gasteiger partial charge is 0.452 e. The number of hydrogen-bond donors (Lipinski definition) is 1. The Balaban J connectivity index is 1.57. The van der Waals surface area contributed by atoms with Crippen molar-refractivity contribution in [2.45, 2.75) is 0 Å². The van der Waals surface area contributed by atoms with Gasteiger partial charge in [0.25, 0.3) is 5.91 Å². The first-order valence-corrected chi connectivity index (χ1v) is 9.15. The van der Waals surface area contributed by atoms with Crippen molar-refractivity contribution in [2.75, 3.05) is 11.9 Å². The predicted molar refractivity (Wildman–Crippen MR) is 110 cm³/mol. The molecule has 1 amide bonds. The number of hydrogen-bond acceptors (Lipinski definition) is 6. The zero-order chi connectivity index (χ0) is 21.5. The van der Waals surface area contributed by atoms with E-state index < -0.39 is 30.0 Å². The van der Waals surface area contributed by atoms with Gasteiger partial charge in [-0.25, -0.2) is 9.78 Å². The van der Waals surface area contributed by atoms with E-state index in [0.717, 1.165) is 0 Å². The summed E-state index contributed by atoms with van der Waals surface area (Å²) in [6, 6.07) is 16.7. The van der Waals surface area contributed by atoms with Gasteiger partial charge in [0.2, 0.25) is 11.6 Å². The Kier molecular flexibility index (Phi) is 6.67. The van der Waals surface area contributed by atoms with Gasteiger partial charge in [-0.15, -0.1) is 0 Å². The lowest BCUT2D eigenvalue weighted by molar-refractivity contribution is -0.119. The van der Waals surface area contributed by atoms with Crippen LogP contribution < -0.4 is 5.32 Å². The maximum Gasteiger partial charge on any atom is 0.338 e. The van der Waals surface area contributed by atoms with Crippen molar-refractivity contribution < 1.29 is 23.9 Å². The van der Waals surface area contributed by atoms with Crippen LogP contribution in [-0.4, -0.2) is 35.0 Å². The van der Waals surface area contributed by atoms with Crippen molar-refractivity contribution >= 4 is 40.7 Å². The average molecular weight is 423 g/mol. The van der Waals surface area contributed by atoms with Crippen LogP contribution >= 0.6 is 11.6 Å². The second-order valence-corrected chi connectivity index (χ2v) is 6.43. The van der Waals surface area contributed by atoms with E-state index in [1.807, 2.05) is 0 Å². The lowest BCUT2D eigenvalue weighted by Crippen LogP contribution is -2.21. The molecule has 8 heteroatoms. The SMILES string of the molecule is O=C(COC(=O)c1ccc(C(=O)C(=O)c2ccccc2)cc1)Nc1cccnc1Cl. The van der Waals surface area contributed by atoms with Gasteiger partial charge in [0, 0.05) is 17.3 Å². The number of ketones is 2. The fourth-order valence-electron chi connectivity index (χ4n) is 2.49. The molecule has 1 aromatic heterocycles. The third-order valence-corrected chi connectivity index (χ3v) is 4.29. The van der Waals surface area contributed by atoms with Gasteiger partial charge in [-0.1, -0.05) is 54.1 Å². The smallest absolute Gasteiger partial charge is 0.338 e. The molecule has 0 saturated carbocycles. The van der Waals surface area contributed by atoms with Crippen LogP contribution in [-0.2, 0) is 9.53 Å². The molecule has 3 aromatic rings. The van der Waals surface area contributed by atoms with Gasteiger partial charge in [0.1, 0.15) is 0 Å². The number of carbonyl (C=O) groups is 4. The van der Waals surface area contributed by atoms with Crippen LogP contribution in [0.3, 0.4) is 0 Å². The number of anilines is 1. The Morgan fingerprint density at radius 3 is 2.03 bits per heavy atom. The highest BCUT2D eigenvalue weighted by Crippen LogP contribution is 2.17. The Morgan fingerprint density at radius 1 is 0.800 bits per heavy atom. The van der Waals surface area contributed by atoms with Crippen molar-refractivity contribution in [2.24, 2.45) is 0 Å². The second kappa shape index (κ2) is 9.58. The third kappa shape index (κ3) is 5.15. The molecule has 1 heterocycles. The summed E-state index contributed by atoms with van der Waals surface area (Å²) < 4.78 is 4.95. The molecule has 0 aliphatic heterocycles. The number of nitrogens with one attached hydrogen (secondary N) is 1. The number of benzene rings is 2. The minimum Gasteiger partial charge on any atom is -0.452 e. The fraction of sp³-hybridized carbons (Fsp3) is 0.0455. The first-order chi connectivity index (χ1) is 14.5. The molecule has 7 nitrogen and oxygen atoms in total.